The van der Waals surface area contributed by atoms with E-state index >= 15 is 0 Å². The maximum Gasteiger partial charge on any atom is 0.161 e. The van der Waals surface area contributed by atoms with Crippen molar-refractivity contribution in [2.24, 2.45) is 0 Å². The maximum atomic E-state index is 5.77. The predicted octanol–water partition coefficient (Wildman–Crippen LogP) is 2.62. The van der Waals surface area contributed by atoms with E-state index in [2.05, 4.69) is 5.32 Å². The lowest BCUT2D eigenvalue weighted by molar-refractivity contribution is 0.109. The summed E-state index contributed by atoms with van der Waals surface area (Å²) in [5, 5.41) is 3.37. The molecule has 1 heterocycles. The molecule has 1 saturated heterocycles. The summed E-state index contributed by atoms with van der Waals surface area (Å²) in [5.74, 6) is 1.61. The van der Waals surface area contributed by atoms with Crippen LogP contribution in [0.25, 0.3) is 0 Å². The van der Waals surface area contributed by atoms with E-state index in [1.165, 1.54) is 12.8 Å². The van der Waals surface area contributed by atoms with Gasteiger partial charge in [0.05, 0.1) is 12.2 Å². The molecule has 1 N–H and O–H groups in total. The Balaban J connectivity index is 1.67. The van der Waals surface area contributed by atoms with Gasteiger partial charge in [-0.25, -0.2) is 0 Å². The molecule has 112 valence electrons. The van der Waals surface area contributed by atoms with E-state index in [1.54, 1.807) is 0 Å². The molecule has 0 bridgehead atoms. The molecule has 1 atom stereocenters. The summed E-state index contributed by atoms with van der Waals surface area (Å²) >= 11 is 0. The highest BCUT2D eigenvalue weighted by Crippen LogP contribution is 2.27. The molecule has 0 radical (unpaired) electrons. The van der Waals surface area contributed by atoms with E-state index in [-0.39, 0.29) is 6.10 Å². The summed E-state index contributed by atoms with van der Waals surface area (Å²) in [4.78, 5) is 0. The van der Waals surface area contributed by atoms with Crippen molar-refractivity contribution in [3.63, 3.8) is 0 Å². The molecule has 0 aliphatic carbocycles. The molecule has 0 aromatic heterocycles. The zero-order chi connectivity index (χ0) is 14.2. The van der Waals surface area contributed by atoms with Crippen LogP contribution in [0, 0.1) is 0 Å². The number of benzene rings is 1. The first-order valence-electron chi connectivity index (χ1n) is 7.46. The fourth-order valence-corrected chi connectivity index (χ4v) is 2.22. The van der Waals surface area contributed by atoms with E-state index in [9.17, 15) is 0 Å². The Morgan fingerprint density at radius 2 is 2.10 bits per heavy atom. The van der Waals surface area contributed by atoms with Gasteiger partial charge < -0.3 is 19.5 Å². The third kappa shape index (κ3) is 5.02. The summed E-state index contributed by atoms with van der Waals surface area (Å²) in [6.07, 6.45) is 2.88. The van der Waals surface area contributed by atoms with E-state index in [1.807, 2.05) is 38.1 Å². The average molecular weight is 279 g/mol. The molecule has 0 unspecified atom stereocenters. The quantitative estimate of drug-likeness (QED) is 0.743. The number of para-hydroxylation sites is 2. The van der Waals surface area contributed by atoms with Crippen LogP contribution in [0.15, 0.2) is 24.3 Å². The zero-order valence-corrected chi connectivity index (χ0v) is 12.4. The normalized spacial score (nSPS) is 18.4. The van der Waals surface area contributed by atoms with Crippen LogP contribution in [0.5, 0.6) is 11.5 Å². The van der Waals surface area contributed by atoms with E-state index in [4.69, 9.17) is 14.2 Å². The van der Waals surface area contributed by atoms with Gasteiger partial charge in [0.2, 0.25) is 0 Å². The fraction of sp³-hybridized carbons (Fsp3) is 0.625. The minimum absolute atomic E-state index is 0.150. The molecule has 2 rings (SSSR count). The SMILES string of the molecule is CC(C)Oc1ccccc1OCCNC[C@H]1CCCO1. The highest BCUT2D eigenvalue weighted by molar-refractivity contribution is 5.39. The first kappa shape index (κ1) is 15.1. The smallest absolute Gasteiger partial charge is 0.161 e. The lowest BCUT2D eigenvalue weighted by Crippen LogP contribution is -2.29. The second kappa shape index (κ2) is 8.12. The molecule has 4 nitrogen and oxygen atoms in total. The molecule has 20 heavy (non-hydrogen) atoms. The molecule has 1 aliphatic heterocycles. The Morgan fingerprint density at radius 3 is 2.80 bits per heavy atom. The maximum absolute atomic E-state index is 5.77. The van der Waals surface area contributed by atoms with Crippen molar-refractivity contribution in [3.05, 3.63) is 24.3 Å². The molecule has 4 heteroatoms. The minimum atomic E-state index is 0.150. The van der Waals surface area contributed by atoms with Gasteiger partial charge in [0.1, 0.15) is 6.61 Å². The van der Waals surface area contributed by atoms with Crippen LogP contribution in [0.4, 0.5) is 0 Å². The van der Waals surface area contributed by atoms with Crippen molar-refractivity contribution < 1.29 is 14.2 Å². The molecular weight excluding hydrogens is 254 g/mol. The van der Waals surface area contributed by atoms with Crippen molar-refractivity contribution >= 4 is 0 Å². The van der Waals surface area contributed by atoms with Crippen molar-refractivity contribution in [2.45, 2.75) is 38.9 Å². The Kier molecular flexibility index (Phi) is 6.15. The van der Waals surface area contributed by atoms with Crippen LogP contribution in [-0.2, 0) is 4.74 Å². The highest BCUT2D eigenvalue weighted by Gasteiger charge is 2.14. The van der Waals surface area contributed by atoms with Crippen LogP contribution >= 0.6 is 0 Å². The second-order valence-corrected chi connectivity index (χ2v) is 5.30. The number of rotatable bonds is 8. The number of hydrogen-bond donors (Lipinski definition) is 1. The second-order valence-electron chi connectivity index (χ2n) is 5.30. The first-order valence-corrected chi connectivity index (χ1v) is 7.46. The Hall–Kier alpha value is -1.26. The monoisotopic (exact) mass is 279 g/mol. The molecule has 1 aromatic rings. The van der Waals surface area contributed by atoms with Crippen LogP contribution in [0.1, 0.15) is 26.7 Å². The fourth-order valence-electron chi connectivity index (χ4n) is 2.22. The van der Waals surface area contributed by atoms with Crippen molar-refractivity contribution in [1.29, 1.82) is 0 Å². The first-order chi connectivity index (χ1) is 9.75. The van der Waals surface area contributed by atoms with Crippen LogP contribution in [-0.4, -0.2) is 38.5 Å². The molecule has 0 amide bonds. The van der Waals surface area contributed by atoms with Gasteiger partial charge in [-0.15, -0.1) is 0 Å². The van der Waals surface area contributed by atoms with Gasteiger partial charge in [0.25, 0.3) is 0 Å². The predicted molar refractivity (Wildman–Crippen MR) is 79.5 cm³/mol. The summed E-state index contributed by atoms with van der Waals surface area (Å²) in [6.45, 7) is 7.29. The lowest BCUT2D eigenvalue weighted by Gasteiger charge is -2.15. The van der Waals surface area contributed by atoms with Crippen LogP contribution in [0.3, 0.4) is 0 Å². The van der Waals surface area contributed by atoms with Gasteiger partial charge >= 0.3 is 0 Å². The molecule has 0 saturated carbocycles. The molecule has 1 aromatic carbocycles. The number of ether oxygens (including phenoxy) is 3. The van der Waals surface area contributed by atoms with E-state index in [0.29, 0.717) is 12.7 Å². The van der Waals surface area contributed by atoms with Crippen LogP contribution in [0.2, 0.25) is 0 Å². The Bertz CT molecular complexity index is 389. The summed E-state index contributed by atoms with van der Waals surface area (Å²) in [6, 6.07) is 7.80. The van der Waals surface area contributed by atoms with E-state index in [0.717, 1.165) is 31.2 Å². The zero-order valence-electron chi connectivity index (χ0n) is 12.4. The van der Waals surface area contributed by atoms with Crippen LogP contribution < -0.4 is 14.8 Å². The number of hydrogen-bond acceptors (Lipinski definition) is 4. The largest absolute Gasteiger partial charge is 0.488 e. The van der Waals surface area contributed by atoms with Gasteiger partial charge in [-0.2, -0.15) is 0 Å². The lowest BCUT2D eigenvalue weighted by atomic mass is 10.2. The summed E-state index contributed by atoms with van der Waals surface area (Å²) in [7, 11) is 0. The van der Waals surface area contributed by atoms with Gasteiger partial charge in [-0.05, 0) is 38.8 Å². The van der Waals surface area contributed by atoms with Gasteiger partial charge in [-0.3, -0.25) is 0 Å². The topological polar surface area (TPSA) is 39.7 Å². The van der Waals surface area contributed by atoms with Crippen molar-refractivity contribution in [2.75, 3.05) is 26.3 Å². The Morgan fingerprint density at radius 1 is 1.30 bits per heavy atom. The molecule has 1 aliphatic rings. The standard InChI is InChI=1S/C16H25NO3/c1-13(2)20-16-8-4-3-7-15(16)19-11-9-17-12-14-6-5-10-18-14/h3-4,7-8,13-14,17H,5-6,9-12H2,1-2H3/t14-/m1/s1. The number of nitrogens with one attached hydrogen (secondary N) is 1. The molecular formula is C16H25NO3. The van der Waals surface area contributed by atoms with E-state index < -0.39 is 0 Å². The molecule has 0 spiro atoms. The minimum Gasteiger partial charge on any atom is -0.488 e. The van der Waals surface area contributed by atoms with Gasteiger partial charge in [-0.1, -0.05) is 12.1 Å². The average Bonchev–Trinajstić information content (AvgIpc) is 2.93. The van der Waals surface area contributed by atoms with Crippen molar-refractivity contribution in [3.8, 4) is 11.5 Å². The third-order valence-electron chi connectivity index (χ3n) is 3.14. The summed E-state index contributed by atoms with van der Waals surface area (Å²) < 4.78 is 17.0. The highest BCUT2D eigenvalue weighted by atomic mass is 16.5. The van der Waals surface area contributed by atoms with Crippen molar-refractivity contribution in [1.82, 2.24) is 5.32 Å². The Labute approximate surface area is 121 Å². The van der Waals surface area contributed by atoms with Gasteiger partial charge in [0, 0.05) is 19.7 Å². The summed E-state index contributed by atoms with van der Waals surface area (Å²) in [5.41, 5.74) is 0. The molecule has 1 fully saturated rings. The third-order valence-corrected chi connectivity index (χ3v) is 3.14. The van der Waals surface area contributed by atoms with Gasteiger partial charge in [0.15, 0.2) is 11.5 Å².